The number of rotatable bonds is 9. The smallest absolute Gasteiger partial charge is 0.261 e. The molecule has 0 spiro atoms. The van der Waals surface area contributed by atoms with Crippen LogP contribution in [0, 0.1) is 11.6 Å². The number of benzene rings is 3. The van der Waals surface area contributed by atoms with Crippen LogP contribution in [0.25, 0.3) is 10.9 Å². The molecule has 0 saturated carbocycles. The summed E-state index contributed by atoms with van der Waals surface area (Å²) in [5.41, 5.74) is 0.898. The molecule has 38 heavy (non-hydrogen) atoms. The first-order valence-corrected chi connectivity index (χ1v) is 13.1. The van der Waals surface area contributed by atoms with Crippen molar-refractivity contribution in [2.75, 3.05) is 27.2 Å². The molecule has 3 aromatic carbocycles. The molecule has 0 saturated heterocycles. The van der Waals surface area contributed by atoms with Crippen molar-refractivity contribution in [3.05, 3.63) is 110 Å². The van der Waals surface area contributed by atoms with Gasteiger partial charge in [0.05, 0.1) is 23.5 Å². The molecule has 9 heteroatoms. The normalized spacial score (nSPS) is 12.2. The summed E-state index contributed by atoms with van der Waals surface area (Å²) in [5, 5.41) is -0.0162. The largest absolute Gasteiger partial charge is 0.327 e. The number of aromatic nitrogens is 2. The number of amides is 1. The lowest BCUT2D eigenvalue weighted by atomic mass is 10.1. The standard InChI is InChI=1S/C29H29BrF2N4O2/c1-4-26(35(15-14-34(2)3)28(37)20-10-12-21(30)13-11-20)27-33-25-17-24(32)23(31)16-22(25)29(38)36(27)18-19-8-6-5-7-9-19/h5-13,16-17,26H,4,14-15,18H2,1-3H3. The third kappa shape index (κ3) is 6.00. The molecule has 0 aliphatic carbocycles. The first kappa shape index (κ1) is 27.6. The van der Waals surface area contributed by atoms with Gasteiger partial charge >= 0.3 is 0 Å². The number of nitrogens with zero attached hydrogens (tertiary/aromatic N) is 4. The van der Waals surface area contributed by atoms with Crippen molar-refractivity contribution in [2.24, 2.45) is 0 Å². The second-order valence-electron chi connectivity index (χ2n) is 9.36. The fraction of sp³-hybridized carbons (Fsp3) is 0.276. The molecule has 4 aromatic rings. The second-order valence-corrected chi connectivity index (χ2v) is 10.3. The Morgan fingerprint density at radius 3 is 2.29 bits per heavy atom. The monoisotopic (exact) mass is 582 g/mol. The van der Waals surface area contributed by atoms with Crippen LogP contribution in [0.4, 0.5) is 8.78 Å². The van der Waals surface area contributed by atoms with Gasteiger partial charge in [-0.05, 0) is 56.4 Å². The highest BCUT2D eigenvalue weighted by Gasteiger charge is 2.29. The van der Waals surface area contributed by atoms with Crippen LogP contribution < -0.4 is 5.56 Å². The number of hydrogen-bond donors (Lipinski definition) is 0. The average molecular weight is 583 g/mol. The van der Waals surface area contributed by atoms with Crippen molar-refractivity contribution in [1.29, 1.82) is 0 Å². The molecule has 1 atom stereocenters. The van der Waals surface area contributed by atoms with E-state index in [0.29, 0.717) is 30.9 Å². The molecule has 4 rings (SSSR count). The molecule has 6 nitrogen and oxygen atoms in total. The van der Waals surface area contributed by atoms with Gasteiger partial charge in [0.2, 0.25) is 0 Å². The third-order valence-electron chi connectivity index (χ3n) is 6.41. The minimum absolute atomic E-state index is 0.0162. The summed E-state index contributed by atoms with van der Waals surface area (Å²) in [7, 11) is 3.83. The number of hydrogen-bond acceptors (Lipinski definition) is 4. The molecular weight excluding hydrogens is 554 g/mol. The zero-order valence-electron chi connectivity index (χ0n) is 21.5. The number of likely N-dealkylation sites (N-methyl/N-ethyl adjacent to an activating group) is 1. The Hall–Kier alpha value is -3.43. The van der Waals surface area contributed by atoms with E-state index in [0.717, 1.165) is 22.2 Å². The number of halogens is 3. The molecule has 1 amide bonds. The van der Waals surface area contributed by atoms with Crippen molar-refractivity contribution in [3.63, 3.8) is 0 Å². The van der Waals surface area contributed by atoms with Crippen LogP contribution in [-0.4, -0.2) is 52.4 Å². The van der Waals surface area contributed by atoms with Gasteiger partial charge in [0.25, 0.3) is 11.5 Å². The van der Waals surface area contributed by atoms with Crippen LogP contribution in [0.2, 0.25) is 0 Å². The molecule has 1 heterocycles. The fourth-order valence-electron chi connectivity index (χ4n) is 4.41. The Kier molecular flexibility index (Phi) is 8.69. The van der Waals surface area contributed by atoms with Gasteiger partial charge in [-0.15, -0.1) is 0 Å². The van der Waals surface area contributed by atoms with E-state index in [1.165, 1.54) is 4.57 Å². The number of fused-ring (bicyclic) bond motifs is 1. The van der Waals surface area contributed by atoms with Crippen LogP contribution in [0.3, 0.4) is 0 Å². The SMILES string of the molecule is CCC(c1nc2cc(F)c(F)cc2c(=O)n1Cc1ccccc1)N(CCN(C)C)C(=O)c1ccc(Br)cc1. The predicted molar refractivity (Wildman–Crippen MR) is 148 cm³/mol. The van der Waals surface area contributed by atoms with Crippen LogP contribution in [0.15, 0.2) is 76.0 Å². The lowest BCUT2D eigenvalue weighted by molar-refractivity contribution is 0.0642. The van der Waals surface area contributed by atoms with Crippen molar-refractivity contribution in [2.45, 2.75) is 25.9 Å². The Morgan fingerprint density at radius 1 is 1.00 bits per heavy atom. The molecule has 0 aliphatic heterocycles. The van der Waals surface area contributed by atoms with Gasteiger partial charge in [0.1, 0.15) is 5.82 Å². The van der Waals surface area contributed by atoms with E-state index in [-0.39, 0.29) is 23.4 Å². The maximum atomic E-state index is 14.2. The van der Waals surface area contributed by atoms with Gasteiger partial charge in [-0.2, -0.15) is 0 Å². The summed E-state index contributed by atoms with van der Waals surface area (Å²) in [6, 6.07) is 17.7. The third-order valence-corrected chi connectivity index (χ3v) is 6.94. The lowest BCUT2D eigenvalue weighted by Crippen LogP contribution is -2.42. The topological polar surface area (TPSA) is 58.4 Å². The molecule has 1 aromatic heterocycles. The molecule has 1 unspecified atom stereocenters. The van der Waals surface area contributed by atoms with E-state index in [1.54, 1.807) is 29.2 Å². The van der Waals surface area contributed by atoms with Gasteiger partial charge in [-0.3, -0.25) is 14.2 Å². The Morgan fingerprint density at radius 2 is 1.66 bits per heavy atom. The summed E-state index contributed by atoms with van der Waals surface area (Å²) in [6.07, 6.45) is 0.451. The summed E-state index contributed by atoms with van der Waals surface area (Å²) in [5.74, 6) is -2.08. The maximum Gasteiger partial charge on any atom is 0.261 e. The van der Waals surface area contributed by atoms with Crippen molar-refractivity contribution >= 4 is 32.7 Å². The van der Waals surface area contributed by atoms with Crippen LogP contribution in [0.1, 0.15) is 41.1 Å². The van der Waals surface area contributed by atoms with Crippen molar-refractivity contribution in [1.82, 2.24) is 19.4 Å². The average Bonchev–Trinajstić information content (AvgIpc) is 2.90. The minimum Gasteiger partial charge on any atom is -0.327 e. The minimum atomic E-state index is -1.11. The lowest BCUT2D eigenvalue weighted by Gasteiger charge is -2.33. The number of carbonyl (C=O) groups excluding carboxylic acids is 1. The predicted octanol–water partition coefficient (Wildman–Crippen LogP) is 5.64. The molecule has 0 fully saturated rings. The number of carbonyl (C=O) groups is 1. The highest BCUT2D eigenvalue weighted by molar-refractivity contribution is 9.10. The van der Waals surface area contributed by atoms with Gasteiger partial charge in [-0.1, -0.05) is 53.2 Å². The van der Waals surface area contributed by atoms with E-state index in [1.807, 2.05) is 56.3 Å². The van der Waals surface area contributed by atoms with Crippen LogP contribution >= 0.6 is 15.9 Å². The summed E-state index contributed by atoms with van der Waals surface area (Å²) >= 11 is 3.41. The quantitative estimate of drug-likeness (QED) is 0.256. The van der Waals surface area contributed by atoms with Gasteiger partial charge < -0.3 is 9.80 Å². The van der Waals surface area contributed by atoms with E-state index in [2.05, 4.69) is 20.9 Å². The zero-order valence-corrected chi connectivity index (χ0v) is 23.1. The van der Waals surface area contributed by atoms with Crippen molar-refractivity contribution in [3.8, 4) is 0 Å². The van der Waals surface area contributed by atoms with Crippen LogP contribution in [-0.2, 0) is 6.54 Å². The molecular formula is C29H29BrF2N4O2. The first-order valence-electron chi connectivity index (χ1n) is 12.3. The van der Waals surface area contributed by atoms with Crippen LogP contribution in [0.5, 0.6) is 0 Å². The molecule has 0 aliphatic rings. The molecule has 0 radical (unpaired) electrons. The molecule has 0 bridgehead atoms. The van der Waals surface area contributed by atoms with E-state index in [9.17, 15) is 18.4 Å². The van der Waals surface area contributed by atoms with E-state index < -0.39 is 23.2 Å². The van der Waals surface area contributed by atoms with Gasteiger partial charge in [0, 0.05) is 29.2 Å². The Labute approximate surface area is 228 Å². The van der Waals surface area contributed by atoms with Gasteiger partial charge in [0.15, 0.2) is 11.6 Å². The maximum absolute atomic E-state index is 14.2. The van der Waals surface area contributed by atoms with Gasteiger partial charge in [-0.25, -0.2) is 13.8 Å². The Bertz CT molecular complexity index is 1490. The highest BCUT2D eigenvalue weighted by atomic mass is 79.9. The van der Waals surface area contributed by atoms with Crippen molar-refractivity contribution < 1.29 is 13.6 Å². The van der Waals surface area contributed by atoms with E-state index >= 15 is 0 Å². The first-order chi connectivity index (χ1) is 18.2. The zero-order chi connectivity index (χ0) is 27.4. The summed E-state index contributed by atoms with van der Waals surface area (Å²) < 4.78 is 30.6. The summed E-state index contributed by atoms with van der Waals surface area (Å²) in [4.78, 5) is 35.9. The molecule has 198 valence electrons. The highest BCUT2D eigenvalue weighted by Crippen LogP contribution is 2.27. The second kappa shape index (κ2) is 12.0. The van der Waals surface area contributed by atoms with E-state index in [4.69, 9.17) is 0 Å². The summed E-state index contributed by atoms with van der Waals surface area (Å²) in [6.45, 7) is 3.03. The molecule has 0 N–H and O–H groups in total. The Balaban J connectivity index is 1.91. The fourth-order valence-corrected chi connectivity index (χ4v) is 4.68.